The Morgan fingerprint density at radius 2 is 1.84 bits per heavy atom. The fourth-order valence-electron chi connectivity index (χ4n) is 2.54. The third kappa shape index (κ3) is 4.38. The zero-order chi connectivity index (χ0) is 17.6. The number of H-pyrrole nitrogens is 1. The van der Waals surface area contributed by atoms with Crippen molar-refractivity contribution in [3.05, 3.63) is 60.3 Å². The molecule has 0 atom stereocenters. The Labute approximate surface area is 144 Å². The average Bonchev–Trinajstić information content (AvgIpc) is 3.03. The maximum absolute atomic E-state index is 11.8. The minimum absolute atomic E-state index is 0.113. The SMILES string of the molecule is O=C(COC(=O)CCc1c[nH]c2ccccc12)Nc1ccc(O)cc1. The van der Waals surface area contributed by atoms with Gasteiger partial charge in [0.2, 0.25) is 0 Å². The molecule has 0 saturated heterocycles. The molecule has 1 amide bonds. The molecule has 6 nitrogen and oxygen atoms in total. The van der Waals surface area contributed by atoms with Crippen molar-refractivity contribution in [3.63, 3.8) is 0 Å². The Morgan fingerprint density at radius 1 is 1.08 bits per heavy atom. The number of aromatic hydroxyl groups is 1. The van der Waals surface area contributed by atoms with Crippen molar-refractivity contribution >= 4 is 28.5 Å². The second-order valence-electron chi connectivity index (χ2n) is 5.62. The van der Waals surface area contributed by atoms with E-state index < -0.39 is 11.9 Å². The maximum Gasteiger partial charge on any atom is 0.306 e. The van der Waals surface area contributed by atoms with Crippen LogP contribution in [0.15, 0.2) is 54.7 Å². The number of aromatic nitrogens is 1. The third-order valence-corrected chi connectivity index (χ3v) is 3.79. The van der Waals surface area contributed by atoms with Crippen LogP contribution >= 0.6 is 0 Å². The molecule has 0 radical (unpaired) electrons. The number of esters is 1. The lowest BCUT2D eigenvalue weighted by molar-refractivity contribution is -0.147. The molecule has 0 aliphatic carbocycles. The quantitative estimate of drug-likeness (QED) is 0.476. The molecule has 3 rings (SSSR count). The van der Waals surface area contributed by atoms with Crippen LogP contribution in [0.3, 0.4) is 0 Å². The van der Waals surface area contributed by atoms with Crippen molar-refractivity contribution in [2.24, 2.45) is 0 Å². The number of hydrogen-bond acceptors (Lipinski definition) is 4. The summed E-state index contributed by atoms with van der Waals surface area (Å²) in [6.07, 6.45) is 2.63. The molecule has 0 bridgehead atoms. The normalized spacial score (nSPS) is 10.6. The first-order chi connectivity index (χ1) is 12.1. The van der Waals surface area contributed by atoms with Gasteiger partial charge in [0, 0.05) is 29.2 Å². The largest absolute Gasteiger partial charge is 0.508 e. The number of aryl methyl sites for hydroxylation is 1. The van der Waals surface area contributed by atoms with E-state index in [1.165, 1.54) is 12.1 Å². The first kappa shape index (κ1) is 16.6. The van der Waals surface area contributed by atoms with Crippen LogP contribution in [0.4, 0.5) is 5.69 Å². The van der Waals surface area contributed by atoms with Crippen molar-refractivity contribution in [1.82, 2.24) is 4.98 Å². The van der Waals surface area contributed by atoms with E-state index >= 15 is 0 Å². The van der Waals surface area contributed by atoms with Crippen LogP contribution in [0.2, 0.25) is 0 Å². The molecule has 128 valence electrons. The van der Waals surface area contributed by atoms with Gasteiger partial charge >= 0.3 is 5.97 Å². The van der Waals surface area contributed by atoms with Gasteiger partial charge in [0.15, 0.2) is 6.61 Å². The number of carbonyl (C=O) groups is 2. The molecule has 3 N–H and O–H groups in total. The van der Waals surface area contributed by atoms with Gasteiger partial charge in [0.25, 0.3) is 5.91 Å². The molecule has 1 aromatic heterocycles. The van der Waals surface area contributed by atoms with E-state index in [0.29, 0.717) is 12.1 Å². The standard InChI is InChI=1S/C19H18N2O4/c22-15-8-6-14(7-9-15)21-18(23)12-25-19(24)10-5-13-11-20-17-4-2-1-3-16(13)17/h1-4,6-9,11,20,22H,5,10,12H2,(H,21,23). The fourth-order valence-corrected chi connectivity index (χ4v) is 2.54. The first-order valence-electron chi connectivity index (χ1n) is 7.91. The van der Waals surface area contributed by atoms with Crippen molar-refractivity contribution in [3.8, 4) is 5.75 Å². The number of nitrogens with one attached hydrogen (secondary N) is 2. The third-order valence-electron chi connectivity index (χ3n) is 3.79. The van der Waals surface area contributed by atoms with Gasteiger partial charge in [-0.25, -0.2) is 0 Å². The molecule has 0 saturated carbocycles. The van der Waals surface area contributed by atoms with Gasteiger partial charge < -0.3 is 20.1 Å². The average molecular weight is 338 g/mol. The number of anilines is 1. The van der Waals surface area contributed by atoms with Crippen LogP contribution < -0.4 is 5.32 Å². The number of phenolic OH excluding ortho intramolecular Hbond substituents is 1. The van der Waals surface area contributed by atoms with Crippen molar-refractivity contribution in [1.29, 1.82) is 0 Å². The molecule has 25 heavy (non-hydrogen) atoms. The van der Waals surface area contributed by atoms with E-state index in [1.54, 1.807) is 12.1 Å². The second kappa shape index (κ2) is 7.53. The number of carbonyl (C=O) groups excluding carboxylic acids is 2. The van der Waals surface area contributed by atoms with Gasteiger partial charge in [0.1, 0.15) is 5.75 Å². The molecule has 0 unspecified atom stereocenters. The Morgan fingerprint density at radius 3 is 2.64 bits per heavy atom. The lowest BCUT2D eigenvalue weighted by Gasteiger charge is -2.06. The van der Waals surface area contributed by atoms with Crippen LogP contribution in [0.1, 0.15) is 12.0 Å². The summed E-state index contributed by atoms with van der Waals surface area (Å²) in [5, 5.41) is 12.9. The van der Waals surface area contributed by atoms with Gasteiger partial charge in [-0.1, -0.05) is 18.2 Å². The molecule has 1 heterocycles. The molecule has 0 aliphatic heterocycles. The Balaban J connectivity index is 1.44. The molecule has 3 aromatic rings. The van der Waals surface area contributed by atoms with Crippen LogP contribution in [-0.4, -0.2) is 28.6 Å². The lowest BCUT2D eigenvalue weighted by Crippen LogP contribution is -2.20. The van der Waals surface area contributed by atoms with Crippen LogP contribution in [0, 0.1) is 0 Å². The topological polar surface area (TPSA) is 91.4 Å². The number of aromatic amines is 1. The summed E-state index contributed by atoms with van der Waals surface area (Å²) in [4.78, 5) is 26.7. The molecule has 0 spiro atoms. The number of phenols is 1. The molecule has 6 heteroatoms. The molecule has 0 aliphatic rings. The Hall–Kier alpha value is -3.28. The van der Waals surface area contributed by atoms with E-state index in [-0.39, 0.29) is 18.8 Å². The summed E-state index contributed by atoms with van der Waals surface area (Å²) < 4.78 is 5.00. The monoisotopic (exact) mass is 338 g/mol. The van der Waals surface area contributed by atoms with Crippen molar-refractivity contribution < 1.29 is 19.4 Å². The van der Waals surface area contributed by atoms with Gasteiger partial charge in [0.05, 0.1) is 0 Å². The summed E-state index contributed by atoms with van der Waals surface area (Å²) in [7, 11) is 0. The van der Waals surface area contributed by atoms with Crippen LogP contribution in [0.5, 0.6) is 5.75 Å². The highest BCUT2D eigenvalue weighted by molar-refractivity contribution is 5.92. The number of amides is 1. The Kier molecular flexibility index (Phi) is 4.99. The van der Waals surface area contributed by atoms with Gasteiger partial charge in [-0.2, -0.15) is 0 Å². The highest BCUT2D eigenvalue weighted by Crippen LogP contribution is 2.19. The van der Waals surface area contributed by atoms with Gasteiger partial charge in [-0.3, -0.25) is 9.59 Å². The van der Waals surface area contributed by atoms with Crippen molar-refractivity contribution in [2.75, 3.05) is 11.9 Å². The zero-order valence-corrected chi connectivity index (χ0v) is 13.5. The van der Waals surface area contributed by atoms with Crippen LogP contribution in [0.25, 0.3) is 10.9 Å². The van der Waals surface area contributed by atoms with Gasteiger partial charge in [-0.15, -0.1) is 0 Å². The molecule has 0 fully saturated rings. The highest BCUT2D eigenvalue weighted by atomic mass is 16.5. The van der Waals surface area contributed by atoms with Crippen molar-refractivity contribution in [2.45, 2.75) is 12.8 Å². The number of para-hydroxylation sites is 1. The number of hydrogen-bond donors (Lipinski definition) is 3. The van der Waals surface area contributed by atoms with Gasteiger partial charge in [-0.05, 0) is 42.3 Å². The summed E-state index contributed by atoms with van der Waals surface area (Å²) in [6, 6.07) is 13.9. The molecular formula is C19H18N2O4. The molecule has 2 aromatic carbocycles. The summed E-state index contributed by atoms with van der Waals surface area (Å²) in [6.45, 7) is -0.340. The predicted molar refractivity (Wildman–Crippen MR) is 94.3 cm³/mol. The number of fused-ring (bicyclic) bond motifs is 1. The molecular weight excluding hydrogens is 320 g/mol. The number of ether oxygens (including phenoxy) is 1. The first-order valence-corrected chi connectivity index (χ1v) is 7.91. The minimum atomic E-state index is -0.425. The number of benzene rings is 2. The zero-order valence-electron chi connectivity index (χ0n) is 13.5. The van der Waals surface area contributed by atoms with E-state index in [9.17, 15) is 14.7 Å². The maximum atomic E-state index is 11.8. The minimum Gasteiger partial charge on any atom is -0.508 e. The Bertz CT molecular complexity index is 884. The van der Waals surface area contributed by atoms with E-state index in [1.807, 2.05) is 30.5 Å². The smallest absolute Gasteiger partial charge is 0.306 e. The second-order valence-corrected chi connectivity index (χ2v) is 5.62. The van der Waals surface area contributed by atoms with E-state index in [4.69, 9.17) is 4.74 Å². The summed E-state index contributed by atoms with van der Waals surface area (Å²) in [5.74, 6) is -0.737. The number of rotatable bonds is 6. The highest BCUT2D eigenvalue weighted by Gasteiger charge is 2.10. The predicted octanol–water partition coefficient (Wildman–Crippen LogP) is 2.99. The van der Waals surface area contributed by atoms with Crippen LogP contribution in [-0.2, 0) is 20.7 Å². The van der Waals surface area contributed by atoms with E-state index in [2.05, 4.69) is 10.3 Å². The van der Waals surface area contributed by atoms with E-state index in [0.717, 1.165) is 16.5 Å². The fraction of sp³-hybridized carbons (Fsp3) is 0.158. The lowest BCUT2D eigenvalue weighted by atomic mass is 10.1. The summed E-state index contributed by atoms with van der Waals surface area (Å²) in [5.41, 5.74) is 2.60. The summed E-state index contributed by atoms with van der Waals surface area (Å²) >= 11 is 0.